The van der Waals surface area contributed by atoms with Crippen molar-refractivity contribution in [3.63, 3.8) is 0 Å². The molecule has 1 amide bonds. The number of carbonyl (C=O) groups excluding carboxylic acids is 1. The Balaban J connectivity index is 2.14. The topological polar surface area (TPSA) is 52.6 Å². The van der Waals surface area contributed by atoms with Crippen molar-refractivity contribution in [1.82, 2.24) is 10.2 Å². The van der Waals surface area contributed by atoms with Crippen molar-refractivity contribution in [1.29, 1.82) is 0 Å². The van der Waals surface area contributed by atoms with Crippen molar-refractivity contribution < 1.29 is 9.90 Å². The molecule has 2 atom stereocenters. The summed E-state index contributed by atoms with van der Waals surface area (Å²) in [4.78, 5) is 13.6. The summed E-state index contributed by atoms with van der Waals surface area (Å²) in [6.45, 7) is 7.23. The van der Waals surface area contributed by atoms with Gasteiger partial charge in [-0.1, -0.05) is 13.0 Å². The Labute approximate surface area is 120 Å². The molecule has 2 unspecified atom stereocenters. The van der Waals surface area contributed by atoms with E-state index in [4.69, 9.17) is 0 Å². The highest BCUT2D eigenvalue weighted by atomic mass is 16.3. The molecule has 0 radical (unpaired) electrons. The fourth-order valence-electron chi connectivity index (χ4n) is 3.05. The van der Waals surface area contributed by atoms with E-state index >= 15 is 0 Å². The molecule has 110 valence electrons. The molecule has 0 fully saturated rings. The first-order chi connectivity index (χ1) is 9.45. The van der Waals surface area contributed by atoms with Crippen LogP contribution in [0.2, 0.25) is 0 Å². The average Bonchev–Trinajstić information content (AvgIpc) is 2.77. The van der Waals surface area contributed by atoms with Crippen LogP contribution in [0.1, 0.15) is 48.9 Å². The Morgan fingerprint density at radius 2 is 2.15 bits per heavy atom. The van der Waals surface area contributed by atoms with Gasteiger partial charge in [0.1, 0.15) is 5.75 Å². The van der Waals surface area contributed by atoms with Crippen LogP contribution in [0.3, 0.4) is 0 Å². The number of phenolic OH excluding ortho intramolecular Hbond substituents is 1. The van der Waals surface area contributed by atoms with Crippen LogP contribution in [0.25, 0.3) is 0 Å². The summed E-state index contributed by atoms with van der Waals surface area (Å²) in [6, 6.07) is 3.78. The first-order valence-corrected chi connectivity index (χ1v) is 7.25. The normalized spacial score (nSPS) is 20.8. The lowest BCUT2D eigenvalue weighted by atomic mass is 9.97. The molecule has 0 aromatic heterocycles. The van der Waals surface area contributed by atoms with Gasteiger partial charge in [-0.05, 0) is 43.4 Å². The molecule has 0 aliphatic heterocycles. The van der Waals surface area contributed by atoms with E-state index in [-0.39, 0.29) is 11.9 Å². The quantitative estimate of drug-likeness (QED) is 0.887. The van der Waals surface area contributed by atoms with E-state index in [2.05, 4.69) is 19.2 Å². The molecule has 1 aromatic rings. The van der Waals surface area contributed by atoms with Crippen molar-refractivity contribution in [3.05, 3.63) is 28.8 Å². The molecule has 1 aliphatic carbocycles. The van der Waals surface area contributed by atoms with Gasteiger partial charge < -0.3 is 15.3 Å². The SMILES string of the molecule is CCN(C)C(=O)CNC1CC(C)c2c(C)ccc(O)c21. The number of carbonyl (C=O) groups is 1. The summed E-state index contributed by atoms with van der Waals surface area (Å²) in [6.07, 6.45) is 0.927. The molecule has 1 aliphatic rings. The zero-order valence-electron chi connectivity index (χ0n) is 12.7. The lowest BCUT2D eigenvalue weighted by molar-refractivity contribution is -0.128. The summed E-state index contributed by atoms with van der Waals surface area (Å²) < 4.78 is 0. The number of aromatic hydroxyl groups is 1. The zero-order valence-corrected chi connectivity index (χ0v) is 12.7. The molecule has 4 heteroatoms. The van der Waals surface area contributed by atoms with Crippen molar-refractivity contribution >= 4 is 5.91 Å². The van der Waals surface area contributed by atoms with Gasteiger partial charge in [0, 0.05) is 25.2 Å². The summed E-state index contributed by atoms with van der Waals surface area (Å²) in [5.41, 5.74) is 3.43. The minimum Gasteiger partial charge on any atom is -0.508 e. The molecule has 4 nitrogen and oxygen atoms in total. The number of phenols is 1. The standard InChI is InChI=1S/C16H24N2O2/c1-5-18(4)14(20)9-17-12-8-11(3)15-10(2)6-7-13(19)16(12)15/h6-7,11-12,17,19H,5,8-9H2,1-4H3. The van der Waals surface area contributed by atoms with Gasteiger partial charge in [0.15, 0.2) is 0 Å². The Bertz CT molecular complexity index is 513. The van der Waals surface area contributed by atoms with E-state index in [0.717, 1.165) is 12.0 Å². The monoisotopic (exact) mass is 276 g/mol. The lowest BCUT2D eigenvalue weighted by Crippen LogP contribution is -2.36. The molecule has 2 N–H and O–H groups in total. The number of amides is 1. The zero-order chi connectivity index (χ0) is 14.9. The number of likely N-dealkylation sites (N-methyl/N-ethyl adjacent to an activating group) is 1. The Hall–Kier alpha value is -1.55. The van der Waals surface area contributed by atoms with E-state index in [1.807, 2.05) is 13.0 Å². The van der Waals surface area contributed by atoms with Gasteiger partial charge in [-0.3, -0.25) is 4.79 Å². The van der Waals surface area contributed by atoms with Gasteiger partial charge >= 0.3 is 0 Å². The maximum absolute atomic E-state index is 11.9. The van der Waals surface area contributed by atoms with Crippen molar-refractivity contribution in [3.8, 4) is 5.75 Å². The third-order valence-electron chi connectivity index (χ3n) is 4.31. The van der Waals surface area contributed by atoms with E-state index in [1.54, 1.807) is 18.0 Å². The first kappa shape index (κ1) is 14.9. The van der Waals surface area contributed by atoms with E-state index in [9.17, 15) is 9.90 Å². The lowest BCUT2D eigenvalue weighted by Gasteiger charge is -2.19. The highest BCUT2D eigenvalue weighted by Crippen LogP contribution is 2.45. The van der Waals surface area contributed by atoms with Gasteiger partial charge in [-0.2, -0.15) is 0 Å². The van der Waals surface area contributed by atoms with E-state index in [0.29, 0.717) is 24.8 Å². The summed E-state index contributed by atoms with van der Waals surface area (Å²) in [7, 11) is 1.80. The molecule has 0 saturated heterocycles. The minimum absolute atomic E-state index is 0.0640. The third-order valence-corrected chi connectivity index (χ3v) is 4.31. The number of hydrogen-bond donors (Lipinski definition) is 2. The summed E-state index contributed by atoms with van der Waals surface area (Å²) in [5, 5.41) is 13.4. The van der Waals surface area contributed by atoms with Gasteiger partial charge in [-0.25, -0.2) is 0 Å². The average molecular weight is 276 g/mol. The Kier molecular flexibility index (Phi) is 4.33. The van der Waals surface area contributed by atoms with Gasteiger partial charge in [-0.15, -0.1) is 0 Å². The summed E-state index contributed by atoms with van der Waals surface area (Å²) >= 11 is 0. The predicted octanol–water partition coefficient (Wildman–Crippen LogP) is 2.32. The van der Waals surface area contributed by atoms with Crippen LogP contribution in [0, 0.1) is 6.92 Å². The molecule has 0 saturated carbocycles. The number of aryl methyl sites for hydroxylation is 1. The highest BCUT2D eigenvalue weighted by molar-refractivity contribution is 5.78. The first-order valence-electron chi connectivity index (χ1n) is 7.25. The van der Waals surface area contributed by atoms with Crippen LogP contribution in [0.5, 0.6) is 5.75 Å². The maximum Gasteiger partial charge on any atom is 0.236 e. The van der Waals surface area contributed by atoms with Crippen LogP contribution < -0.4 is 5.32 Å². The second-order valence-corrected chi connectivity index (χ2v) is 5.71. The van der Waals surface area contributed by atoms with Crippen LogP contribution in [0.15, 0.2) is 12.1 Å². The molecule has 20 heavy (non-hydrogen) atoms. The largest absolute Gasteiger partial charge is 0.508 e. The van der Waals surface area contributed by atoms with Gasteiger partial charge in [0.2, 0.25) is 5.91 Å². The summed E-state index contributed by atoms with van der Waals surface area (Å²) in [5.74, 6) is 0.832. The van der Waals surface area contributed by atoms with Crippen LogP contribution >= 0.6 is 0 Å². The Morgan fingerprint density at radius 3 is 2.80 bits per heavy atom. The maximum atomic E-state index is 11.9. The second kappa shape index (κ2) is 5.83. The fraction of sp³-hybridized carbons (Fsp3) is 0.562. The molecule has 2 rings (SSSR count). The number of rotatable bonds is 4. The van der Waals surface area contributed by atoms with Crippen LogP contribution in [0.4, 0.5) is 0 Å². The van der Waals surface area contributed by atoms with Crippen LogP contribution in [-0.2, 0) is 4.79 Å². The van der Waals surface area contributed by atoms with E-state index in [1.165, 1.54) is 11.1 Å². The molecular formula is C16H24N2O2. The van der Waals surface area contributed by atoms with Crippen molar-refractivity contribution in [2.45, 2.75) is 39.2 Å². The van der Waals surface area contributed by atoms with Gasteiger partial charge in [0.25, 0.3) is 0 Å². The molecule has 0 spiro atoms. The smallest absolute Gasteiger partial charge is 0.236 e. The van der Waals surface area contributed by atoms with E-state index < -0.39 is 0 Å². The molecular weight excluding hydrogens is 252 g/mol. The van der Waals surface area contributed by atoms with Crippen molar-refractivity contribution in [2.75, 3.05) is 20.1 Å². The number of nitrogens with one attached hydrogen (secondary N) is 1. The minimum atomic E-state index is 0.0640. The highest BCUT2D eigenvalue weighted by Gasteiger charge is 2.32. The third kappa shape index (κ3) is 2.66. The fourth-order valence-corrected chi connectivity index (χ4v) is 3.05. The molecule has 0 heterocycles. The predicted molar refractivity (Wildman–Crippen MR) is 79.9 cm³/mol. The number of benzene rings is 1. The van der Waals surface area contributed by atoms with Crippen molar-refractivity contribution in [2.24, 2.45) is 0 Å². The Morgan fingerprint density at radius 1 is 1.45 bits per heavy atom. The number of fused-ring (bicyclic) bond motifs is 1. The number of nitrogens with zero attached hydrogens (tertiary/aromatic N) is 1. The van der Waals surface area contributed by atoms with Crippen LogP contribution in [-0.4, -0.2) is 36.1 Å². The van der Waals surface area contributed by atoms with Gasteiger partial charge in [0.05, 0.1) is 6.54 Å². The molecule has 0 bridgehead atoms. The number of hydrogen-bond acceptors (Lipinski definition) is 3. The molecule has 1 aromatic carbocycles. The second-order valence-electron chi connectivity index (χ2n) is 5.71.